The van der Waals surface area contributed by atoms with Gasteiger partial charge in [-0.3, -0.25) is 4.79 Å². The molecule has 2 rings (SSSR count). The molecule has 0 spiro atoms. The van der Waals surface area contributed by atoms with Crippen LogP contribution in [0.5, 0.6) is 0 Å². The summed E-state index contributed by atoms with van der Waals surface area (Å²) in [6, 6.07) is 0.863. The van der Waals surface area contributed by atoms with Crippen LogP contribution in [-0.4, -0.2) is 34.1 Å². The minimum Gasteiger partial charge on any atom is -0.337 e. The van der Waals surface area contributed by atoms with Crippen molar-refractivity contribution in [3.63, 3.8) is 0 Å². The zero-order valence-corrected chi connectivity index (χ0v) is 15.5. The Bertz CT molecular complexity index is 345. The van der Waals surface area contributed by atoms with Crippen molar-refractivity contribution in [2.75, 3.05) is 0 Å². The fourth-order valence-corrected chi connectivity index (χ4v) is 5.12. The highest BCUT2D eigenvalue weighted by Crippen LogP contribution is 2.39. The summed E-state index contributed by atoms with van der Waals surface area (Å²) in [5, 5.41) is 0. The Morgan fingerprint density at radius 2 is 1.95 bits per heavy atom. The Labute approximate surface area is 139 Å². The summed E-state index contributed by atoms with van der Waals surface area (Å²) in [6.07, 6.45) is 11.1. The number of likely N-dealkylation sites (tertiary alicyclic amines) is 1. The largest absolute Gasteiger partial charge is 0.337 e. The van der Waals surface area contributed by atoms with Crippen molar-refractivity contribution >= 4 is 36.3 Å². The summed E-state index contributed by atoms with van der Waals surface area (Å²) in [4.78, 5) is 14.6. The van der Waals surface area contributed by atoms with Crippen LogP contribution in [0.2, 0.25) is 0 Å². The average Bonchev–Trinajstić information content (AvgIpc) is 2.35. The molecule has 3 unspecified atom stereocenters. The van der Waals surface area contributed by atoms with Crippen LogP contribution in [0, 0.1) is 5.92 Å². The van der Waals surface area contributed by atoms with Gasteiger partial charge in [-0.2, -0.15) is 0 Å². The van der Waals surface area contributed by atoms with E-state index in [9.17, 15) is 4.79 Å². The fraction of sp³-hybridized carbons (Fsp3) is 0.938. The van der Waals surface area contributed by atoms with Crippen LogP contribution in [0.1, 0.15) is 71.6 Å². The molecule has 0 aromatic heterocycles. The van der Waals surface area contributed by atoms with Gasteiger partial charge in [0, 0.05) is 18.5 Å². The van der Waals surface area contributed by atoms with E-state index in [4.69, 9.17) is 0 Å². The molecule has 1 heterocycles. The van der Waals surface area contributed by atoms with E-state index in [1.165, 1.54) is 44.9 Å². The van der Waals surface area contributed by atoms with Crippen molar-refractivity contribution in [3.8, 4) is 0 Å². The van der Waals surface area contributed by atoms with E-state index in [2.05, 4.69) is 49.2 Å². The number of carbonyl (C=O) groups excluding carboxylic acids is 1. The van der Waals surface area contributed by atoms with Gasteiger partial charge in [0.05, 0.1) is 0 Å². The molecule has 0 bridgehead atoms. The fourth-order valence-electron chi connectivity index (χ4n) is 4.18. The first-order chi connectivity index (χ1) is 9.41. The Morgan fingerprint density at radius 3 is 2.65 bits per heavy atom. The lowest BCUT2D eigenvalue weighted by molar-refractivity contribution is -0.141. The van der Waals surface area contributed by atoms with E-state index >= 15 is 0 Å². The Kier molecular flexibility index (Phi) is 5.84. The van der Waals surface area contributed by atoms with Crippen molar-refractivity contribution < 1.29 is 4.79 Å². The lowest BCUT2D eigenvalue weighted by atomic mass is 9.70. The van der Waals surface area contributed by atoms with Gasteiger partial charge in [-0.15, -0.1) is 0 Å². The number of alkyl halides is 1. The number of hydrogen-bond acceptors (Lipinski definition) is 1. The van der Waals surface area contributed by atoms with Gasteiger partial charge in [0.15, 0.2) is 0 Å². The molecule has 2 fully saturated rings. The molecule has 1 saturated heterocycles. The van der Waals surface area contributed by atoms with Crippen LogP contribution in [-0.2, 0) is 4.79 Å². The van der Waals surface area contributed by atoms with Crippen LogP contribution < -0.4 is 0 Å². The summed E-state index contributed by atoms with van der Waals surface area (Å²) in [7, 11) is 2.42. The predicted molar refractivity (Wildman–Crippen MR) is 96.1 cm³/mol. The third-order valence-electron chi connectivity index (χ3n) is 5.11. The topological polar surface area (TPSA) is 20.3 Å². The molecule has 2 aliphatic rings. The Hall–Kier alpha value is 0.265. The van der Waals surface area contributed by atoms with Crippen LogP contribution >= 0.6 is 22.6 Å². The normalized spacial score (nSPS) is 36.8. The van der Waals surface area contributed by atoms with Gasteiger partial charge < -0.3 is 4.90 Å². The Morgan fingerprint density at radius 1 is 1.25 bits per heavy atom. The molecule has 0 aromatic carbocycles. The first kappa shape index (κ1) is 16.6. The first-order valence-corrected chi connectivity index (χ1v) is 9.49. The summed E-state index contributed by atoms with van der Waals surface area (Å²) >= 11 is 2.68. The minimum absolute atomic E-state index is 0.360. The van der Waals surface area contributed by atoms with E-state index in [1.807, 2.05) is 0 Å². The molecule has 0 N–H and O–H groups in total. The number of rotatable bonds is 1. The number of nitrogens with zero attached hydrogens (tertiary/aromatic N) is 1. The quantitative estimate of drug-likeness (QED) is 0.382. The monoisotopic (exact) mass is 389 g/mol. The second kappa shape index (κ2) is 7.02. The van der Waals surface area contributed by atoms with Gasteiger partial charge in [0.2, 0.25) is 5.91 Å². The third kappa shape index (κ3) is 4.14. The van der Waals surface area contributed by atoms with Crippen molar-refractivity contribution in [1.29, 1.82) is 0 Å². The standard InChI is InChI=1S/C16H29BINO/c1-12(2)19-14-7-5-3-4-6-10-16(17,18)11-13(14)8-9-15(19)20/h12-14H,3-11,17H2,1-2H3. The lowest BCUT2D eigenvalue weighted by Crippen LogP contribution is -2.53. The van der Waals surface area contributed by atoms with E-state index in [1.54, 1.807) is 0 Å². The lowest BCUT2D eigenvalue weighted by Gasteiger charge is -2.46. The maximum absolute atomic E-state index is 12.3. The van der Waals surface area contributed by atoms with Crippen molar-refractivity contribution in [2.24, 2.45) is 5.92 Å². The minimum atomic E-state index is 0.360. The van der Waals surface area contributed by atoms with Crippen molar-refractivity contribution in [2.45, 2.75) is 87.0 Å². The zero-order chi connectivity index (χ0) is 14.8. The zero-order valence-electron chi connectivity index (χ0n) is 13.3. The van der Waals surface area contributed by atoms with Gasteiger partial charge >= 0.3 is 0 Å². The summed E-state index contributed by atoms with van der Waals surface area (Å²) < 4.78 is 0.418. The molecule has 0 aromatic rings. The molecule has 3 atom stereocenters. The van der Waals surface area contributed by atoms with Crippen LogP contribution in [0.4, 0.5) is 0 Å². The molecule has 1 aliphatic carbocycles. The summed E-state index contributed by atoms with van der Waals surface area (Å²) in [5.41, 5.74) is 0. The summed E-state index contributed by atoms with van der Waals surface area (Å²) in [6.45, 7) is 4.37. The number of piperidine rings is 1. The maximum atomic E-state index is 12.3. The molecule has 1 amide bonds. The molecule has 20 heavy (non-hydrogen) atoms. The highest BCUT2D eigenvalue weighted by molar-refractivity contribution is 14.1. The van der Waals surface area contributed by atoms with Gasteiger partial charge in [0.25, 0.3) is 0 Å². The van der Waals surface area contributed by atoms with Crippen LogP contribution in [0.25, 0.3) is 0 Å². The first-order valence-electron chi connectivity index (χ1n) is 8.41. The van der Waals surface area contributed by atoms with Crippen molar-refractivity contribution in [1.82, 2.24) is 4.90 Å². The molecule has 1 saturated carbocycles. The molecule has 0 radical (unpaired) electrons. The smallest absolute Gasteiger partial charge is 0.223 e. The van der Waals surface area contributed by atoms with E-state index in [0.717, 1.165) is 18.8 Å². The number of carbonyl (C=O) groups is 1. The maximum Gasteiger partial charge on any atom is 0.223 e. The Balaban J connectivity index is 2.18. The van der Waals surface area contributed by atoms with Gasteiger partial charge in [-0.25, -0.2) is 0 Å². The van der Waals surface area contributed by atoms with Crippen molar-refractivity contribution in [3.05, 3.63) is 0 Å². The second-order valence-corrected chi connectivity index (χ2v) is 9.94. The molecular formula is C16H29BINO. The molecule has 1 aliphatic heterocycles. The number of halogens is 1. The number of amides is 1. The SMILES string of the molecule is BC1(I)CCCCCCC2C(CCC(=O)N2C(C)C)C1. The van der Waals surface area contributed by atoms with Gasteiger partial charge in [-0.05, 0) is 48.8 Å². The molecule has 2 nitrogen and oxygen atoms in total. The molecular weight excluding hydrogens is 360 g/mol. The van der Waals surface area contributed by atoms with Crippen LogP contribution in [0.3, 0.4) is 0 Å². The second-order valence-electron chi connectivity index (χ2n) is 7.33. The highest BCUT2D eigenvalue weighted by atomic mass is 127. The van der Waals surface area contributed by atoms with E-state index in [-0.39, 0.29) is 0 Å². The number of hydrogen-bond donors (Lipinski definition) is 0. The highest BCUT2D eigenvalue weighted by Gasteiger charge is 2.39. The van der Waals surface area contributed by atoms with Crippen LogP contribution in [0.15, 0.2) is 0 Å². The summed E-state index contributed by atoms with van der Waals surface area (Å²) in [5.74, 6) is 1.11. The van der Waals surface area contributed by atoms with E-state index in [0.29, 0.717) is 21.3 Å². The number of fused-ring (bicyclic) bond motifs is 1. The molecule has 4 heteroatoms. The van der Waals surface area contributed by atoms with E-state index < -0.39 is 0 Å². The molecule has 114 valence electrons. The van der Waals surface area contributed by atoms with Gasteiger partial charge in [0.1, 0.15) is 7.85 Å². The van der Waals surface area contributed by atoms with Gasteiger partial charge in [-0.1, -0.05) is 48.3 Å². The average molecular weight is 389 g/mol. The third-order valence-corrected chi connectivity index (χ3v) is 6.09. The predicted octanol–water partition coefficient (Wildman–Crippen LogP) is 3.51.